The van der Waals surface area contributed by atoms with Crippen LogP contribution in [-0.2, 0) is 0 Å². The van der Waals surface area contributed by atoms with Crippen LogP contribution in [-0.4, -0.2) is 11.5 Å². The predicted molar refractivity (Wildman–Crippen MR) is 65.5 cm³/mol. The molecule has 0 radical (unpaired) electrons. The molecule has 0 bridgehead atoms. The smallest absolute Gasteiger partial charge is 0.123 e. The minimum atomic E-state index is -0.208. The molecule has 0 spiro atoms. The molecule has 1 nitrogen and oxygen atoms in total. The van der Waals surface area contributed by atoms with E-state index in [2.05, 4.69) is 13.8 Å². The Balaban J connectivity index is 2.40. The van der Waals surface area contributed by atoms with E-state index in [-0.39, 0.29) is 11.9 Å². The summed E-state index contributed by atoms with van der Waals surface area (Å²) in [4.78, 5) is 0. The number of benzene rings is 1. The third-order valence-corrected chi connectivity index (χ3v) is 3.54. The molecule has 3 heteroatoms. The first-order valence-corrected chi connectivity index (χ1v) is 6.34. The first kappa shape index (κ1) is 12.5. The van der Waals surface area contributed by atoms with Crippen molar-refractivity contribution in [1.82, 2.24) is 0 Å². The van der Waals surface area contributed by atoms with Crippen molar-refractivity contribution in [3.8, 4) is 0 Å². The first-order chi connectivity index (χ1) is 7.09. The van der Waals surface area contributed by atoms with E-state index in [9.17, 15) is 4.39 Å². The van der Waals surface area contributed by atoms with Gasteiger partial charge in [0.25, 0.3) is 0 Å². The Morgan fingerprint density at radius 2 is 1.80 bits per heavy atom. The van der Waals surface area contributed by atoms with Gasteiger partial charge in [0, 0.05) is 11.8 Å². The second kappa shape index (κ2) is 6.13. The normalized spacial score (nSPS) is 13.1. The van der Waals surface area contributed by atoms with Crippen molar-refractivity contribution in [2.75, 3.05) is 11.5 Å². The number of nitrogens with two attached hydrogens (primary N) is 1. The van der Waals surface area contributed by atoms with Crippen molar-refractivity contribution >= 4 is 11.8 Å². The van der Waals surface area contributed by atoms with Gasteiger partial charge in [0.05, 0.1) is 0 Å². The van der Waals surface area contributed by atoms with Gasteiger partial charge in [-0.1, -0.05) is 26.0 Å². The number of hydrogen-bond acceptors (Lipinski definition) is 2. The molecule has 0 aliphatic heterocycles. The maximum Gasteiger partial charge on any atom is 0.123 e. The zero-order valence-electron chi connectivity index (χ0n) is 9.24. The Bertz CT molecular complexity index is 284. The third kappa shape index (κ3) is 4.67. The molecular formula is C12H18FNS. The molecule has 0 amide bonds. The molecule has 1 rings (SSSR count). The fourth-order valence-electron chi connectivity index (χ4n) is 1.24. The minimum absolute atomic E-state index is 0.00866. The Morgan fingerprint density at radius 3 is 2.33 bits per heavy atom. The molecule has 1 unspecified atom stereocenters. The molecule has 1 aromatic rings. The van der Waals surface area contributed by atoms with E-state index in [0.717, 1.165) is 17.1 Å². The maximum atomic E-state index is 12.7. The van der Waals surface area contributed by atoms with Crippen molar-refractivity contribution in [2.45, 2.75) is 19.9 Å². The van der Waals surface area contributed by atoms with Gasteiger partial charge in [-0.15, -0.1) is 0 Å². The van der Waals surface area contributed by atoms with Crippen LogP contribution in [0.2, 0.25) is 0 Å². The summed E-state index contributed by atoms with van der Waals surface area (Å²) < 4.78 is 12.7. The predicted octanol–water partition coefficient (Wildman–Crippen LogP) is 3.21. The molecule has 0 saturated heterocycles. The Morgan fingerprint density at radius 1 is 1.20 bits per heavy atom. The highest BCUT2D eigenvalue weighted by atomic mass is 32.2. The van der Waals surface area contributed by atoms with Crippen LogP contribution in [0.5, 0.6) is 0 Å². The van der Waals surface area contributed by atoms with Gasteiger partial charge < -0.3 is 5.73 Å². The van der Waals surface area contributed by atoms with Crippen LogP contribution in [0.25, 0.3) is 0 Å². The van der Waals surface area contributed by atoms with Crippen LogP contribution in [0.15, 0.2) is 24.3 Å². The van der Waals surface area contributed by atoms with E-state index >= 15 is 0 Å². The van der Waals surface area contributed by atoms with Crippen molar-refractivity contribution in [1.29, 1.82) is 0 Å². The molecule has 0 aliphatic carbocycles. The Kier molecular flexibility index (Phi) is 5.12. The molecule has 0 saturated carbocycles. The molecule has 1 atom stereocenters. The van der Waals surface area contributed by atoms with Gasteiger partial charge in [-0.3, -0.25) is 0 Å². The summed E-state index contributed by atoms with van der Waals surface area (Å²) in [7, 11) is 0. The summed E-state index contributed by atoms with van der Waals surface area (Å²) in [5, 5.41) is 0. The van der Waals surface area contributed by atoms with E-state index in [4.69, 9.17) is 5.73 Å². The molecule has 1 aromatic carbocycles. The van der Waals surface area contributed by atoms with Crippen LogP contribution >= 0.6 is 11.8 Å². The summed E-state index contributed by atoms with van der Waals surface area (Å²) in [5.74, 6) is 2.50. The Hall–Kier alpha value is -0.540. The van der Waals surface area contributed by atoms with Gasteiger partial charge in [-0.05, 0) is 29.4 Å². The summed E-state index contributed by atoms with van der Waals surface area (Å²) in [6.07, 6.45) is 0. The highest BCUT2D eigenvalue weighted by Crippen LogP contribution is 2.18. The number of halogens is 1. The van der Waals surface area contributed by atoms with E-state index < -0.39 is 0 Å². The average Bonchev–Trinajstić information content (AvgIpc) is 2.18. The number of rotatable bonds is 5. The minimum Gasteiger partial charge on any atom is -0.323 e. The van der Waals surface area contributed by atoms with Gasteiger partial charge >= 0.3 is 0 Å². The lowest BCUT2D eigenvalue weighted by Gasteiger charge is -2.12. The van der Waals surface area contributed by atoms with Crippen LogP contribution in [0.3, 0.4) is 0 Å². The van der Waals surface area contributed by atoms with E-state index in [1.54, 1.807) is 12.1 Å². The van der Waals surface area contributed by atoms with E-state index in [1.807, 2.05) is 11.8 Å². The number of hydrogen-bond donors (Lipinski definition) is 1. The third-order valence-electron chi connectivity index (χ3n) is 2.05. The van der Waals surface area contributed by atoms with Crippen LogP contribution in [0.4, 0.5) is 4.39 Å². The van der Waals surface area contributed by atoms with Crippen LogP contribution in [0.1, 0.15) is 25.5 Å². The van der Waals surface area contributed by atoms with Gasteiger partial charge in [0.15, 0.2) is 0 Å². The van der Waals surface area contributed by atoms with Gasteiger partial charge in [0.2, 0.25) is 0 Å². The highest BCUT2D eigenvalue weighted by molar-refractivity contribution is 7.99. The SMILES string of the molecule is CC(C)CSCC(N)c1ccc(F)cc1. The van der Waals surface area contributed by atoms with Crippen molar-refractivity contribution in [3.63, 3.8) is 0 Å². The molecule has 0 aliphatic rings. The fourth-order valence-corrected chi connectivity index (χ4v) is 2.29. The summed E-state index contributed by atoms with van der Waals surface area (Å²) >= 11 is 1.85. The van der Waals surface area contributed by atoms with E-state index in [0.29, 0.717) is 5.92 Å². The lowest BCUT2D eigenvalue weighted by molar-refractivity contribution is 0.626. The molecule has 15 heavy (non-hydrogen) atoms. The quantitative estimate of drug-likeness (QED) is 0.836. The van der Waals surface area contributed by atoms with Gasteiger partial charge in [0.1, 0.15) is 5.82 Å². The monoisotopic (exact) mass is 227 g/mol. The first-order valence-electron chi connectivity index (χ1n) is 5.18. The second-order valence-electron chi connectivity index (χ2n) is 4.09. The summed E-state index contributed by atoms with van der Waals surface area (Å²) in [6, 6.07) is 6.45. The zero-order chi connectivity index (χ0) is 11.3. The van der Waals surface area contributed by atoms with Crippen molar-refractivity contribution in [2.24, 2.45) is 11.7 Å². The van der Waals surface area contributed by atoms with Crippen LogP contribution in [0, 0.1) is 11.7 Å². The van der Waals surface area contributed by atoms with Gasteiger partial charge in [-0.2, -0.15) is 11.8 Å². The fraction of sp³-hybridized carbons (Fsp3) is 0.500. The standard InChI is InChI=1S/C12H18FNS/c1-9(2)7-15-8-12(14)10-3-5-11(13)6-4-10/h3-6,9,12H,7-8,14H2,1-2H3. The molecule has 0 fully saturated rings. The average molecular weight is 227 g/mol. The Labute approximate surface area is 95.2 Å². The second-order valence-corrected chi connectivity index (χ2v) is 5.16. The molecule has 0 heterocycles. The molecule has 2 N–H and O–H groups in total. The topological polar surface area (TPSA) is 26.0 Å². The van der Waals surface area contributed by atoms with Crippen molar-refractivity contribution in [3.05, 3.63) is 35.6 Å². The summed E-state index contributed by atoms with van der Waals surface area (Å²) in [5.41, 5.74) is 7.00. The highest BCUT2D eigenvalue weighted by Gasteiger charge is 2.06. The lowest BCUT2D eigenvalue weighted by atomic mass is 10.1. The molecule has 0 aromatic heterocycles. The number of thioether (sulfide) groups is 1. The molecular weight excluding hydrogens is 209 g/mol. The lowest BCUT2D eigenvalue weighted by Crippen LogP contribution is -2.13. The van der Waals surface area contributed by atoms with E-state index in [1.165, 1.54) is 12.1 Å². The van der Waals surface area contributed by atoms with Gasteiger partial charge in [-0.25, -0.2) is 4.39 Å². The zero-order valence-corrected chi connectivity index (χ0v) is 10.1. The van der Waals surface area contributed by atoms with Crippen LogP contribution < -0.4 is 5.73 Å². The maximum absolute atomic E-state index is 12.7. The summed E-state index contributed by atoms with van der Waals surface area (Å²) in [6.45, 7) is 4.38. The largest absolute Gasteiger partial charge is 0.323 e. The van der Waals surface area contributed by atoms with Crippen molar-refractivity contribution < 1.29 is 4.39 Å². The molecule has 84 valence electrons.